The standard InChI is InChI=1S/C20H23ClN6O/c1-11-6-14(7-12(2)18(11)21)19(28)26-5-4-16(22)15(9-26)17-8-13(3)25-20-23-10-24-27(17)20/h6-8,10,15-16H,4-5,9,22H2,1-3H3/t15-,16-/m1/s1. The second kappa shape index (κ2) is 7.14. The Hall–Kier alpha value is -2.51. The van der Waals surface area contributed by atoms with Crippen LogP contribution in [0.5, 0.6) is 0 Å². The van der Waals surface area contributed by atoms with Gasteiger partial charge in [0.2, 0.25) is 0 Å². The van der Waals surface area contributed by atoms with E-state index in [1.54, 1.807) is 4.52 Å². The number of amides is 1. The molecule has 0 spiro atoms. The first-order valence-electron chi connectivity index (χ1n) is 9.34. The summed E-state index contributed by atoms with van der Waals surface area (Å²) < 4.78 is 1.72. The molecule has 0 aliphatic carbocycles. The number of nitrogens with two attached hydrogens (primary N) is 1. The predicted molar refractivity (Wildman–Crippen MR) is 108 cm³/mol. The lowest BCUT2D eigenvalue weighted by Crippen LogP contribution is -2.48. The molecule has 1 amide bonds. The van der Waals surface area contributed by atoms with E-state index < -0.39 is 0 Å². The van der Waals surface area contributed by atoms with Crippen molar-refractivity contribution in [2.45, 2.75) is 39.2 Å². The van der Waals surface area contributed by atoms with E-state index in [4.69, 9.17) is 17.3 Å². The molecule has 3 heterocycles. The highest BCUT2D eigenvalue weighted by Gasteiger charge is 2.33. The van der Waals surface area contributed by atoms with Gasteiger partial charge in [-0.25, -0.2) is 9.50 Å². The number of halogens is 1. The molecule has 0 bridgehead atoms. The molecule has 8 heteroatoms. The Morgan fingerprint density at radius 2 is 1.93 bits per heavy atom. The zero-order valence-electron chi connectivity index (χ0n) is 16.2. The minimum absolute atomic E-state index is 0.000351. The molecule has 1 aliphatic rings. The third-order valence-corrected chi connectivity index (χ3v) is 6.02. The lowest BCUT2D eigenvalue weighted by atomic mass is 9.89. The molecular weight excluding hydrogens is 376 g/mol. The first-order chi connectivity index (χ1) is 13.3. The van der Waals surface area contributed by atoms with Gasteiger partial charge < -0.3 is 10.6 Å². The van der Waals surface area contributed by atoms with E-state index in [2.05, 4.69) is 15.1 Å². The number of hydrogen-bond acceptors (Lipinski definition) is 5. The molecule has 2 N–H and O–H groups in total. The molecule has 4 rings (SSSR count). The molecule has 7 nitrogen and oxygen atoms in total. The van der Waals surface area contributed by atoms with Crippen LogP contribution in [0.3, 0.4) is 0 Å². The molecular formula is C20H23ClN6O. The molecule has 0 radical (unpaired) electrons. The molecule has 2 atom stereocenters. The van der Waals surface area contributed by atoms with Crippen LogP contribution < -0.4 is 5.73 Å². The molecule has 1 aliphatic heterocycles. The molecule has 1 saturated heterocycles. The number of fused-ring (bicyclic) bond motifs is 1. The van der Waals surface area contributed by atoms with E-state index in [9.17, 15) is 4.79 Å². The van der Waals surface area contributed by atoms with Gasteiger partial charge in [-0.05, 0) is 56.5 Å². The largest absolute Gasteiger partial charge is 0.338 e. The van der Waals surface area contributed by atoms with Gasteiger partial charge in [-0.2, -0.15) is 10.1 Å². The van der Waals surface area contributed by atoms with Gasteiger partial charge in [0.25, 0.3) is 11.7 Å². The fraction of sp³-hybridized carbons (Fsp3) is 0.400. The van der Waals surface area contributed by atoms with Gasteiger partial charge in [0, 0.05) is 41.3 Å². The third kappa shape index (κ3) is 3.25. The number of nitrogens with zero attached hydrogens (tertiary/aromatic N) is 5. The molecule has 0 unspecified atom stereocenters. The number of rotatable bonds is 2. The van der Waals surface area contributed by atoms with Crippen molar-refractivity contribution in [3.63, 3.8) is 0 Å². The fourth-order valence-corrected chi connectivity index (χ4v) is 4.05. The van der Waals surface area contributed by atoms with E-state index in [0.29, 0.717) is 29.5 Å². The maximum absolute atomic E-state index is 13.2. The Morgan fingerprint density at radius 1 is 1.21 bits per heavy atom. The maximum Gasteiger partial charge on any atom is 0.253 e. The Kier molecular flexibility index (Phi) is 4.81. The molecule has 3 aromatic rings. The summed E-state index contributed by atoms with van der Waals surface area (Å²) in [6, 6.07) is 5.63. The van der Waals surface area contributed by atoms with Crippen molar-refractivity contribution in [1.29, 1.82) is 0 Å². The molecule has 1 aromatic carbocycles. The number of hydrogen-bond donors (Lipinski definition) is 1. The van der Waals surface area contributed by atoms with E-state index in [-0.39, 0.29) is 17.9 Å². The quantitative estimate of drug-likeness (QED) is 0.716. The van der Waals surface area contributed by atoms with Crippen LogP contribution in [0.1, 0.15) is 45.2 Å². The van der Waals surface area contributed by atoms with E-state index in [1.807, 2.05) is 43.9 Å². The SMILES string of the molecule is Cc1cc([C@@H]2CN(C(=O)c3cc(C)c(Cl)c(C)c3)CC[C@H]2N)n2ncnc2n1. The summed E-state index contributed by atoms with van der Waals surface area (Å²) in [6.07, 6.45) is 2.21. The van der Waals surface area contributed by atoms with Gasteiger partial charge in [0.05, 0.1) is 5.69 Å². The first kappa shape index (κ1) is 18.8. The monoisotopic (exact) mass is 398 g/mol. The Morgan fingerprint density at radius 3 is 2.64 bits per heavy atom. The number of carbonyl (C=O) groups excluding carboxylic acids is 1. The van der Waals surface area contributed by atoms with Crippen molar-refractivity contribution >= 4 is 23.3 Å². The molecule has 1 fully saturated rings. The second-order valence-electron chi connectivity index (χ2n) is 7.53. The Bertz CT molecular complexity index is 1040. The van der Waals surface area contributed by atoms with Gasteiger partial charge in [-0.15, -0.1) is 0 Å². The van der Waals surface area contributed by atoms with Crippen molar-refractivity contribution in [2.24, 2.45) is 5.73 Å². The van der Waals surface area contributed by atoms with Crippen molar-refractivity contribution in [2.75, 3.05) is 13.1 Å². The van der Waals surface area contributed by atoms with Crippen molar-refractivity contribution in [3.8, 4) is 0 Å². The van der Waals surface area contributed by atoms with E-state index in [1.165, 1.54) is 6.33 Å². The smallest absolute Gasteiger partial charge is 0.253 e. The zero-order valence-corrected chi connectivity index (χ0v) is 16.9. The van der Waals surface area contributed by atoms with Crippen molar-refractivity contribution in [1.82, 2.24) is 24.5 Å². The highest BCUT2D eigenvalue weighted by molar-refractivity contribution is 6.32. The van der Waals surface area contributed by atoms with Gasteiger partial charge in [0.1, 0.15) is 6.33 Å². The summed E-state index contributed by atoms with van der Waals surface area (Å²) >= 11 is 6.26. The van der Waals surface area contributed by atoms with Gasteiger partial charge in [-0.1, -0.05) is 11.6 Å². The van der Waals surface area contributed by atoms with Crippen LogP contribution in [-0.2, 0) is 0 Å². The lowest BCUT2D eigenvalue weighted by molar-refractivity contribution is 0.0691. The summed E-state index contributed by atoms with van der Waals surface area (Å²) in [5, 5.41) is 5.00. The average molecular weight is 399 g/mol. The van der Waals surface area contributed by atoms with E-state index >= 15 is 0 Å². The molecule has 146 valence electrons. The summed E-state index contributed by atoms with van der Waals surface area (Å²) in [6.45, 7) is 6.92. The van der Waals surface area contributed by atoms with Crippen LogP contribution in [-0.4, -0.2) is 49.5 Å². The summed E-state index contributed by atoms with van der Waals surface area (Å²) in [5.41, 5.74) is 10.7. The summed E-state index contributed by atoms with van der Waals surface area (Å²) in [7, 11) is 0. The van der Waals surface area contributed by atoms with E-state index in [0.717, 1.165) is 28.9 Å². The predicted octanol–water partition coefficient (Wildman–Crippen LogP) is 2.66. The fourth-order valence-electron chi connectivity index (χ4n) is 3.94. The first-order valence-corrected chi connectivity index (χ1v) is 9.72. The zero-order chi connectivity index (χ0) is 20.0. The molecule has 28 heavy (non-hydrogen) atoms. The summed E-state index contributed by atoms with van der Waals surface area (Å²) in [4.78, 5) is 23.6. The van der Waals surface area contributed by atoms with Crippen LogP contribution in [0.15, 0.2) is 24.5 Å². The van der Waals surface area contributed by atoms with Crippen LogP contribution in [0.2, 0.25) is 5.02 Å². The summed E-state index contributed by atoms with van der Waals surface area (Å²) in [5.74, 6) is 0.507. The second-order valence-corrected chi connectivity index (χ2v) is 7.91. The number of carbonyl (C=O) groups is 1. The Balaban J connectivity index is 1.67. The third-order valence-electron chi connectivity index (χ3n) is 5.42. The van der Waals surface area contributed by atoms with Crippen molar-refractivity contribution in [3.05, 3.63) is 57.6 Å². The topological polar surface area (TPSA) is 89.4 Å². The van der Waals surface area contributed by atoms with Gasteiger partial charge in [0.15, 0.2) is 0 Å². The molecule has 2 aromatic heterocycles. The normalized spacial score (nSPS) is 20.0. The number of benzene rings is 1. The van der Waals surface area contributed by atoms with Crippen LogP contribution in [0, 0.1) is 20.8 Å². The minimum Gasteiger partial charge on any atom is -0.338 e. The number of likely N-dealkylation sites (tertiary alicyclic amines) is 1. The number of piperidine rings is 1. The number of aromatic nitrogens is 4. The van der Waals surface area contributed by atoms with Crippen molar-refractivity contribution < 1.29 is 4.79 Å². The number of aryl methyl sites for hydroxylation is 3. The molecule has 0 saturated carbocycles. The highest BCUT2D eigenvalue weighted by atomic mass is 35.5. The average Bonchev–Trinajstić information content (AvgIpc) is 3.13. The van der Waals surface area contributed by atoms with Crippen LogP contribution in [0.4, 0.5) is 0 Å². The Labute approximate surface area is 168 Å². The minimum atomic E-state index is -0.0630. The maximum atomic E-state index is 13.2. The van der Waals surface area contributed by atoms with Gasteiger partial charge in [-0.3, -0.25) is 4.79 Å². The highest BCUT2D eigenvalue weighted by Crippen LogP contribution is 2.29. The van der Waals surface area contributed by atoms with Gasteiger partial charge >= 0.3 is 0 Å². The lowest BCUT2D eigenvalue weighted by Gasteiger charge is -2.37. The van der Waals surface area contributed by atoms with Crippen LogP contribution >= 0.6 is 11.6 Å². The van der Waals surface area contributed by atoms with Crippen LogP contribution in [0.25, 0.3) is 5.78 Å².